The van der Waals surface area contributed by atoms with Crippen LogP contribution in [0.5, 0.6) is 0 Å². The molecular formula is C9H11ClFN3O2S. The van der Waals surface area contributed by atoms with Crippen molar-refractivity contribution in [1.29, 1.82) is 0 Å². The van der Waals surface area contributed by atoms with Gasteiger partial charge in [-0.1, -0.05) is 11.6 Å². The van der Waals surface area contributed by atoms with Gasteiger partial charge < -0.3 is 5.73 Å². The van der Waals surface area contributed by atoms with Crippen LogP contribution in [0.15, 0.2) is 18.2 Å². The minimum Gasteiger partial charge on any atom is -0.329 e. The molecule has 1 unspecified atom stereocenters. The predicted octanol–water partition coefficient (Wildman–Crippen LogP) is 0.461. The highest BCUT2D eigenvalue weighted by atomic mass is 35.5. The molecule has 8 heteroatoms. The van der Waals surface area contributed by atoms with Crippen LogP contribution in [0.3, 0.4) is 0 Å². The molecule has 0 amide bonds. The van der Waals surface area contributed by atoms with E-state index in [0.717, 1.165) is 10.4 Å². The zero-order valence-corrected chi connectivity index (χ0v) is 10.3. The van der Waals surface area contributed by atoms with Gasteiger partial charge in [0.15, 0.2) is 0 Å². The van der Waals surface area contributed by atoms with E-state index in [0.29, 0.717) is 5.69 Å². The van der Waals surface area contributed by atoms with Crippen LogP contribution in [0.1, 0.15) is 0 Å². The molecule has 5 nitrogen and oxygen atoms in total. The van der Waals surface area contributed by atoms with Crippen LogP contribution in [0.4, 0.5) is 10.1 Å². The number of anilines is 1. The summed E-state index contributed by atoms with van der Waals surface area (Å²) in [7, 11) is -3.61. The molecule has 0 aliphatic carbocycles. The number of halogens is 2. The number of hydrogen-bond acceptors (Lipinski definition) is 3. The fraction of sp³-hybridized carbons (Fsp3) is 0.333. The second kappa shape index (κ2) is 4.41. The summed E-state index contributed by atoms with van der Waals surface area (Å²) >= 11 is 5.61. The van der Waals surface area contributed by atoms with E-state index in [1.54, 1.807) is 0 Å². The number of hydrogen-bond donors (Lipinski definition) is 2. The zero-order chi connectivity index (χ0) is 12.6. The Kier molecular flexibility index (Phi) is 3.26. The largest absolute Gasteiger partial charge is 0.329 e. The molecule has 1 aromatic rings. The van der Waals surface area contributed by atoms with E-state index in [9.17, 15) is 12.8 Å². The Hall–Kier alpha value is -0.890. The maximum Gasteiger partial charge on any atom is 0.301 e. The minimum absolute atomic E-state index is 0.117. The lowest BCUT2D eigenvalue weighted by Crippen LogP contribution is -2.33. The monoisotopic (exact) mass is 279 g/mol. The Labute approximate surface area is 104 Å². The third kappa shape index (κ3) is 2.37. The van der Waals surface area contributed by atoms with Gasteiger partial charge in [-0.3, -0.25) is 4.31 Å². The summed E-state index contributed by atoms with van der Waals surface area (Å²) in [5.74, 6) is -0.588. The Morgan fingerprint density at radius 1 is 1.59 bits per heavy atom. The third-order valence-electron chi connectivity index (χ3n) is 2.47. The van der Waals surface area contributed by atoms with E-state index >= 15 is 0 Å². The summed E-state index contributed by atoms with van der Waals surface area (Å²) in [6.07, 6.45) is 0. The van der Waals surface area contributed by atoms with Crippen molar-refractivity contribution in [1.82, 2.24) is 4.72 Å². The molecule has 0 radical (unpaired) electrons. The van der Waals surface area contributed by atoms with Gasteiger partial charge in [-0.05, 0) is 18.2 Å². The Bertz CT molecular complexity index is 537. The molecule has 1 aliphatic heterocycles. The minimum atomic E-state index is -3.61. The molecular weight excluding hydrogens is 269 g/mol. The van der Waals surface area contributed by atoms with Gasteiger partial charge in [0.25, 0.3) is 0 Å². The molecule has 0 saturated carbocycles. The molecule has 1 saturated heterocycles. The molecule has 1 aromatic carbocycles. The second-order valence-corrected chi connectivity index (χ2v) is 5.72. The molecule has 0 aromatic heterocycles. The molecule has 94 valence electrons. The number of nitrogens with zero attached hydrogens (tertiary/aromatic N) is 1. The molecule has 0 bridgehead atoms. The van der Waals surface area contributed by atoms with Crippen LogP contribution in [-0.2, 0) is 10.2 Å². The van der Waals surface area contributed by atoms with Crippen molar-refractivity contribution >= 4 is 27.5 Å². The van der Waals surface area contributed by atoms with Gasteiger partial charge in [0.1, 0.15) is 5.82 Å². The Balaban J connectivity index is 2.37. The van der Waals surface area contributed by atoms with E-state index in [-0.39, 0.29) is 24.2 Å². The highest BCUT2D eigenvalue weighted by molar-refractivity contribution is 7.91. The molecule has 1 fully saturated rings. The van der Waals surface area contributed by atoms with Crippen LogP contribution < -0.4 is 14.8 Å². The van der Waals surface area contributed by atoms with Crippen LogP contribution in [-0.4, -0.2) is 27.5 Å². The molecule has 1 atom stereocenters. The molecule has 1 heterocycles. The van der Waals surface area contributed by atoms with E-state index < -0.39 is 16.0 Å². The average Bonchev–Trinajstić information content (AvgIpc) is 2.58. The summed E-state index contributed by atoms with van der Waals surface area (Å²) in [5, 5.41) is -0.117. The normalized spacial score (nSPS) is 23.0. The summed E-state index contributed by atoms with van der Waals surface area (Å²) in [6, 6.07) is 3.42. The van der Waals surface area contributed by atoms with Gasteiger partial charge in [-0.2, -0.15) is 13.1 Å². The van der Waals surface area contributed by atoms with E-state index in [1.807, 2.05) is 0 Å². The Morgan fingerprint density at radius 3 is 2.82 bits per heavy atom. The smallest absolute Gasteiger partial charge is 0.301 e. The van der Waals surface area contributed by atoms with Crippen molar-refractivity contribution in [2.75, 3.05) is 17.4 Å². The van der Waals surface area contributed by atoms with Crippen LogP contribution >= 0.6 is 11.6 Å². The van der Waals surface area contributed by atoms with Crippen LogP contribution in [0.25, 0.3) is 0 Å². The standard InChI is InChI=1S/C9H11ClFN3O2S/c10-8-3-7(1-2-9(8)11)14-5-6(4-12)13-17(14,15)16/h1-3,6,13H,4-5,12H2. The molecule has 0 spiro atoms. The van der Waals surface area contributed by atoms with Crippen LogP contribution in [0.2, 0.25) is 5.02 Å². The lowest BCUT2D eigenvalue weighted by Gasteiger charge is -2.16. The van der Waals surface area contributed by atoms with Gasteiger partial charge >= 0.3 is 10.2 Å². The number of nitrogens with two attached hydrogens (primary N) is 1. The number of nitrogens with one attached hydrogen (secondary N) is 1. The first-order chi connectivity index (χ1) is 7.94. The van der Waals surface area contributed by atoms with Crippen molar-refractivity contribution < 1.29 is 12.8 Å². The zero-order valence-electron chi connectivity index (χ0n) is 8.73. The maximum absolute atomic E-state index is 13.0. The molecule has 17 heavy (non-hydrogen) atoms. The van der Waals surface area contributed by atoms with Crippen molar-refractivity contribution in [3.05, 3.63) is 29.0 Å². The van der Waals surface area contributed by atoms with Gasteiger partial charge in [-0.25, -0.2) is 4.39 Å². The highest BCUT2D eigenvalue weighted by Gasteiger charge is 2.34. The lowest BCUT2D eigenvalue weighted by molar-refractivity contribution is 0.583. The van der Waals surface area contributed by atoms with Crippen molar-refractivity contribution in [2.45, 2.75) is 6.04 Å². The third-order valence-corrected chi connectivity index (χ3v) is 4.33. The van der Waals surface area contributed by atoms with Gasteiger partial charge in [0.2, 0.25) is 0 Å². The van der Waals surface area contributed by atoms with E-state index in [1.165, 1.54) is 12.1 Å². The van der Waals surface area contributed by atoms with Crippen LogP contribution in [0, 0.1) is 5.82 Å². The predicted molar refractivity (Wildman–Crippen MR) is 63.7 cm³/mol. The van der Waals surface area contributed by atoms with Gasteiger partial charge in [0, 0.05) is 6.54 Å². The lowest BCUT2D eigenvalue weighted by atomic mass is 10.2. The SMILES string of the molecule is NCC1CN(c2ccc(F)c(Cl)c2)S(=O)(=O)N1. The topological polar surface area (TPSA) is 75.4 Å². The van der Waals surface area contributed by atoms with Gasteiger partial charge in [-0.15, -0.1) is 0 Å². The first-order valence-electron chi connectivity index (χ1n) is 4.89. The van der Waals surface area contributed by atoms with Crippen molar-refractivity contribution in [2.24, 2.45) is 5.73 Å². The molecule has 2 rings (SSSR count). The van der Waals surface area contributed by atoms with Crippen molar-refractivity contribution in [3.63, 3.8) is 0 Å². The first kappa shape index (κ1) is 12.6. The van der Waals surface area contributed by atoms with Crippen molar-refractivity contribution in [3.8, 4) is 0 Å². The van der Waals surface area contributed by atoms with E-state index in [2.05, 4.69) is 4.72 Å². The summed E-state index contributed by atoms with van der Waals surface area (Å²) < 4.78 is 40.0. The fourth-order valence-electron chi connectivity index (χ4n) is 1.62. The average molecular weight is 280 g/mol. The molecule has 3 N–H and O–H groups in total. The summed E-state index contributed by atoms with van der Waals surface area (Å²) in [5.41, 5.74) is 5.73. The number of rotatable bonds is 2. The quantitative estimate of drug-likeness (QED) is 0.826. The maximum atomic E-state index is 13.0. The Morgan fingerprint density at radius 2 is 2.29 bits per heavy atom. The summed E-state index contributed by atoms with van der Waals surface area (Å²) in [6.45, 7) is 0.408. The second-order valence-electron chi connectivity index (χ2n) is 3.69. The number of benzene rings is 1. The summed E-state index contributed by atoms with van der Waals surface area (Å²) in [4.78, 5) is 0. The molecule has 1 aliphatic rings. The fourth-order valence-corrected chi connectivity index (χ4v) is 3.28. The van der Waals surface area contributed by atoms with E-state index in [4.69, 9.17) is 17.3 Å². The first-order valence-corrected chi connectivity index (χ1v) is 6.71. The van der Waals surface area contributed by atoms with Gasteiger partial charge in [0.05, 0.1) is 23.3 Å². The highest BCUT2D eigenvalue weighted by Crippen LogP contribution is 2.26.